The van der Waals surface area contributed by atoms with E-state index in [-0.39, 0.29) is 29.8 Å². The van der Waals surface area contributed by atoms with E-state index in [1.807, 2.05) is 63.2 Å². The molecule has 0 aliphatic carbocycles. The Morgan fingerprint density at radius 3 is 2.17 bits per heavy atom. The van der Waals surface area contributed by atoms with Crippen LogP contribution in [0.2, 0.25) is 5.02 Å². The molecule has 0 aliphatic heterocycles. The molecule has 0 fully saturated rings. The third kappa shape index (κ3) is 8.89. The summed E-state index contributed by atoms with van der Waals surface area (Å²) in [5.74, 6) is -0.266. The summed E-state index contributed by atoms with van der Waals surface area (Å²) < 4.78 is 34.8. The van der Waals surface area contributed by atoms with Gasteiger partial charge in [-0.3, -0.25) is 13.9 Å². The summed E-state index contributed by atoms with van der Waals surface area (Å²) in [6, 6.07) is 28.4. The van der Waals surface area contributed by atoms with Gasteiger partial charge in [0.15, 0.2) is 0 Å². The van der Waals surface area contributed by atoms with Gasteiger partial charge in [0.05, 0.1) is 17.7 Å². The van der Waals surface area contributed by atoms with E-state index < -0.39 is 28.5 Å². The lowest BCUT2D eigenvalue weighted by Crippen LogP contribution is -2.54. The van der Waals surface area contributed by atoms with Crippen LogP contribution in [0.5, 0.6) is 5.75 Å². The van der Waals surface area contributed by atoms with E-state index >= 15 is 0 Å². The second-order valence-electron chi connectivity index (χ2n) is 11.2. The zero-order valence-corrected chi connectivity index (χ0v) is 28.1. The van der Waals surface area contributed by atoms with E-state index in [1.54, 1.807) is 43.5 Å². The maximum atomic E-state index is 14.6. The van der Waals surface area contributed by atoms with Crippen LogP contribution >= 0.6 is 11.6 Å². The molecule has 46 heavy (non-hydrogen) atoms. The van der Waals surface area contributed by atoms with E-state index in [0.717, 1.165) is 21.0 Å². The average Bonchev–Trinajstić information content (AvgIpc) is 3.06. The van der Waals surface area contributed by atoms with E-state index in [9.17, 15) is 18.0 Å². The number of aryl methyl sites for hydroxylation is 1. The van der Waals surface area contributed by atoms with Crippen LogP contribution in [0.15, 0.2) is 108 Å². The van der Waals surface area contributed by atoms with Crippen LogP contribution in [-0.4, -0.2) is 50.9 Å². The van der Waals surface area contributed by atoms with Crippen molar-refractivity contribution in [2.45, 2.75) is 57.1 Å². The van der Waals surface area contributed by atoms with Crippen molar-refractivity contribution in [3.8, 4) is 5.75 Å². The second-order valence-corrected chi connectivity index (χ2v) is 13.5. The monoisotopic (exact) mass is 661 g/mol. The number of carbonyl (C=O) groups is 2. The van der Waals surface area contributed by atoms with Crippen molar-refractivity contribution < 1.29 is 22.7 Å². The number of carbonyl (C=O) groups excluding carboxylic acids is 2. The zero-order valence-electron chi connectivity index (χ0n) is 26.5. The van der Waals surface area contributed by atoms with E-state index in [2.05, 4.69) is 5.32 Å². The number of rotatable bonds is 14. The number of anilines is 1. The number of nitrogens with zero attached hydrogens (tertiary/aromatic N) is 2. The SMILES string of the molecule is CC[C@@H](C)NC(=O)[C@@H](Cc1ccccc1)N(Cc1cccc(OC)c1)C(=O)CN(c1ccc(C)cc1)S(=O)(=O)c1ccc(Cl)cc1. The van der Waals surface area contributed by atoms with Gasteiger partial charge in [-0.25, -0.2) is 8.42 Å². The highest BCUT2D eigenvalue weighted by Gasteiger charge is 2.35. The third-order valence-corrected chi connectivity index (χ3v) is 9.80. The summed E-state index contributed by atoms with van der Waals surface area (Å²) in [4.78, 5) is 30.0. The van der Waals surface area contributed by atoms with Gasteiger partial charge in [0.25, 0.3) is 10.0 Å². The average molecular weight is 662 g/mol. The molecular weight excluding hydrogens is 622 g/mol. The number of hydrogen-bond acceptors (Lipinski definition) is 5. The fraction of sp³-hybridized carbons (Fsp3) is 0.278. The van der Waals surface area contributed by atoms with E-state index in [0.29, 0.717) is 22.9 Å². The number of sulfonamides is 1. The number of methoxy groups -OCH3 is 1. The van der Waals surface area contributed by atoms with Crippen molar-refractivity contribution in [2.24, 2.45) is 0 Å². The molecule has 8 nitrogen and oxygen atoms in total. The minimum Gasteiger partial charge on any atom is -0.497 e. The predicted octanol–water partition coefficient (Wildman–Crippen LogP) is 6.41. The van der Waals surface area contributed by atoms with Crippen LogP contribution in [0, 0.1) is 6.92 Å². The molecule has 2 atom stereocenters. The fourth-order valence-corrected chi connectivity index (χ4v) is 6.48. The molecule has 242 valence electrons. The smallest absolute Gasteiger partial charge is 0.264 e. The van der Waals surface area contributed by atoms with Gasteiger partial charge >= 0.3 is 0 Å². The molecule has 0 radical (unpaired) electrons. The Hall–Kier alpha value is -4.34. The Balaban J connectivity index is 1.81. The van der Waals surface area contributed by atoms with E-state index in [4.69, 9.17) is 16.3 Å². The topological polar surface area (TPSA) is 96.0 Å². The summed E-state index contributed by atoms with van der Waals surface area (Å²) in [7, 11) is -2.66. The van der Waals surface area contributed by atoms with Crippen molar-refractivity contribution in [1.82, 2.24) is 10.2 Å². The quantitative estimate of drug-likeness (QED) is 0.169. The maximum Gasteiger partial charge on any atom is 0.264 e. The van der Waals surface area contributed by atoms with Crippen LogP contribution in [0.25, 0.3) is 0 Å². The van der Waals surface area contributed by atoms with Crippen LogP contribution in [0.1, 0.15) is 37.0 Å². The number of amides is 2. The molecule has 0 heterocycles. The standard InChI is InChI=1S/C36H40ClN3O5S/c1-5-27(3)38-36(42)34(23-28-10-7-6-8-11-28)39(24-29-12-9-13-32(22-29)45-4)35(41)25-40(31-18-14-26(2)15-19-31)46(43,44)33-20-16-30(37)17-21-33/h6-22,27,34H,5,23-25H2,1-4H3,(H,38,42)/t27-,34-/m1/s1. The van der Waals surface area contributed by atoms with E-state index in [1.165, 1.54) is 29.2 Å². The van der Waals surface area contributed by atoms with Gasteiger partial charge in [0.1, 0.15) is 18.3 Å². The summed E-state index contributed by atoms with van der Waals surface area (Å²) in [6.45, 7) is 5.28. The van der Waals surface area contributed by atoms with Gasteiger partial charge in [-0.15, -0.1) is 0 Å². The molecule has 2 amide bonds. The van der Waals surface area contributed by atoms with Crippen LogP contribution in [0.3, 0.4) is 0 Å². The van der Waals surface area contributed by atoms with Crippen molar-refractivity contribution in [1.29, 1.82) is 0 Å². The number of hydrogen-bond donors (Lipinski definition) is 1. The van der Waals surface area contributed by atoms with Crippen LogP contribution in [-0.2, 0) is 32.6 Å². The van der Waals surface area contributed by atoms with Crippen molar-refractivity contribution in [3.63, 3.8) is 0 Å². The second kappa shape index (κ2) is 15.8. The Bertz CT molecular complexity index is 1720. The lowest BCUT2D eigenvalue weighted by molar-refractivity contribution is -0.140. The van der Waals surface area contributed by atoms with Gasteiger partial charge in [0.2, 0.25) is 11.8 Å². The zero-order chi connectivity index (χ0) is 33.3. The first kappa shape index (κ1) is 34.5. The summed E-state index contributed by atoms with van der Waals surface area (Å²) in [5, 5.41) is 3.43. The van der Waals surface area contributed by atoms with Gasteiger partial charge in [-0.1, -0.05) is 78.7 Å². The molecular formula is C36H40ClN3O5S. The lowest BCUT2D eigenvalue weighted by atomic mass is 10.0. The first-order chi connectivity index (χ1) is 22.0. The van der Waals surface area contributed by atoms with Crippen LogP contribution in [0.4, 0.5) is 5.69 Å². The molecule has 10 heteroatoms. The molecule has 0 unspecified atom stereocenters. The van der Waals surface area contributed by atoms with Gasteiger partial charge < -0.3 is 15.0 Å². The number of halogens is 1. The molecule has 0 bridgehead atoms. The van der Waals surface area contributed by atoms with Crippen molar-refractivity contribution >= 4 is 39.1 Å². The maximum absolute atomic E-state index is 14.6. The molecule has 0 aliphatic rings. The number of nitrogens with one attached hydrogen (secondary N) is 1. The Morgan fingerprint density at radius 1 is 0.891 bits per heavy atom. The van der Waals surface area contributed by atoms with Crippen molar-refractivity contribution in [2.75, 3.05) is 18.0 Å². The molecule has 4 rings (SSSR count). The Kier molecular flexibility index (Phi) is 11.8. The van der Waals surface area contributed by atoms with Crippen molar-refractivity contribution in [3.05, 3.63) is 125 Å². The minimum absolute atomic E-state index is 0.0139. The van der Waals surface area contributed by atoms with Gasteiger partial charge in [-0.2, -0.15) is 0 Å². The highest BCUT2D eigenvalue weighted by molar-refractivity contribution is 7.92. The van der Waals surface area contributed by atoms with Crippen LogP contribution < -0.4 is 14.4 Å². The molecule has 0 aromatic heterocycles. The normalized spacial score (nSPS) is 12.5. The highest BCUT2D eigenvalue weighted by Crippen LogP contribution is 2.27. The molecule has 1 N–H and O–H groups in total. The first-order valence-corrected chi connectivity index (χ1v) is 16.9. The summed E-state index contributed by atoms with van der Waals surface area (Å²) >= 11 is 6.06. The highest BCUT2D eigenvalue weighted by atomic mass is 35.5. The predicted molar refractivity (Wildman–Crippen MR) is 183 cm³/mol. The molecule has 4 aromatic carbocycles. The molecule has 0 saturated carbocycles. The minimum atomic E-state index is -4.22. The summed E-state index contributed by atoms with van der Waals surface area (Å²) in [6.07, 6.45) is 0.932. The number of benzene rings is 4. The van der Waals surface area contributed by atoms with Gasteiger partial charge in [0, 0.05) is 24.0 Å². The van der Waals surface area contributed by atoms with Gasteiger partial charge in [-0.05, 0) is 79.9 Å². The molecule has 0 saturated heterocycles. The largest absolute Gasteiger partial charge is 0.497 e. The number of ether oxygens (including phenoxy) is 1. The molecule has 0 spiro atoms. The molecule has 4 aromatic rings. The Morgan fingerprint density at radius 2 is 1.54 bits per heavy atom. The lowest BCUT2D eigenvalue weighted by Gasteiger charge is -2.34. The fourth-order valence-electron chi connectivity index (χ4n) is 4.94. The first-order valence-electron chi connectivity index (χ1n) is 15.1. The Labute approximate surface area is 277 Å². The summed E-state index contributed by atoms with van der Waals surface area (Å²) in [5.41, 5.74) is 2.84. The third-order valence-electron chi connectivity index (χ3n) is 7.76.